The highest BCUT2D eigenvalue weighted by Gasteiger charge is 2.47. The molecule has 0 radical (unpaired) electrons. The van der Waals surface area contributed by atoms with Gasteiger partial charge in [-0.1, -0.05) is 18.2 Å². The minimum Gasteiger partial charge on any atom is -0.388 e. The number of rotatable bonds is 3. The molecule has 3 aliphatic rings. The number of hydrogen-bond acceptors (Lipinski definition) is 5. The number of piperidine rings is 1. The van der Waals surface area contributed by atoms with Gasteiger partial charge in [-0.2, -0.15) is 0 Å². The van der Waals surface area contributed by atoms with Crippen LogP contribution in [0.5, 0.6) is 0 Å². The summed E-state index contributed by atoms with van der Waals surface area (Å²) < 4.78 is 11.4. The summed E-state index contributed by atoms with van der Waals surface area (Å²) in [4.78, 5) is 2.48. The molecule has 0 aliphatic carbocycles. The zero-order chi connectivity index (χ0) is 15.8. The summed E-state index contributed by atoms with van der Waals surface area (Å²) >= 11 is 0. The first kappa shape index (κ1) is 15.4. The SMILES string of the molecule is Cc1ccccc1N1CCC(N[C@@H]2CO[C@H]3[C@@H]2OC[C@H]3O)CC1. The van der Waals surface area contributed by atoms with Gasteiger partial charge in [0, 0.05) is 24.8 Å². The van der Waals surface area contributed by atoms with Crippen molar-refractivity contribution >= 4 is 5.69 Å². The van der Waals surface area contributed by atoms with Crippen molar-refractivity contribution in [2.45, 2.75) is 50.2 Å². The lowest BCUT2D eigenvalue weighted by molar-refractivity contribution is 0.0176. The van der Waals surface area contributed by atoms with Crippen LogP contribution in [0, 0.1) is 6.92 Å². The van der Waals surface area contributed by atoms with Gasteiger partial charge in [0.25, 0.3) is 0 Å². The van der Waals surface area contributed by atoms with E-state index in [0.29, 0.717) is 19.3 Å². The third-order valence-electron chi connectivity index (χ3n) is 5.43. The Kier molecular flexibility index (Phi) is 4.28. The first-order chi connectivity index (χ1) is 11.2. The second kappa shape index (κ2) is 6.40. The second-order valence-electron chi connectivity index (χ2n) is 6.98. The van der Waals surface area contributed by atoms with Gasteiger partial charge in [-0.25, -0.2) is 0 Å². The van der Waals surface area contributed by atoms with Crippen molar-refractivity contribution in [1.29, 1.82) is 0 Å². The molecule has 4 rings (SSSR count). The first-order valence-electron chi connectivity index (χ1n) is 8.70. The molecular formula is C18H26N2O3. The zero-order valence-corrected chi connectivity index (χ0v) is 13.6. The van der Waals surface area contributed by atoms with Gasteiger partial charge in [0.05, 0.1) is 19.3 Å². The monoisotopic (exact) mass is 318 g/mol. The van der Waals surface area contributed by atoms with Crippen LogP contribution in [0.3, 0.4) is 0 Å². The minimum absolute atomic E-state index is 0.0133. The van der Waals surface area contributed by atoms with Gasteiger partial charge in [-0.05, 0) is 31.4 Å². The van der Waals surface area contributed by atoms with Crippen molar-refractivity contribution < 1.29 is 14.6 Å². The van der Waals surface area contributed by atoms with Crippen molar-refractivity contribution in [3.63, 3.8) is 0 Å². The van der Waals surface area contributed by atoms with E-state index in [1.165, 1.54) is 11.3 Å². The maximum Gasteiger partial charge on any atom is 0.113 e. The molecule has 3 saturated heterocycles. The zero-order valence-electron chi connectivity index (χ0n) is 13.6. The number of aliphatic hydroxyl groups excluding tert-OH is 1. The van der Waals surface area contributed by atoms with Crippen LogP contribution < -0.4 is 10.2 Å². The highest BCUT2D eigenvalue weighted by Crippen LogP contribution is 2.29. The molecule has 0 bridgehead atoms. The first-order valence-corrected chi connectivity index (χ1v) is 8.70. The van der Waals surface area contributed by atoms with Crippen LogP contribution in [-0.4, -0.2) is 61.8 Å². The quantitative estimate of drug-likeness (QED) is 0.873. The number of nitrogens with zero attached hydrogens (tertiary/aromatic N) is 1. The number of aliphatic hydroxyl groups is 1. The van der Waals surface area contributed by atoms with E-state index in [9.17, 15) is 5.11 Å². The average Bonchev–Trinajstić information content (AvgIpc) is 3.13. The van der Waals surface area contributed by atoms with Crippen LogP contribution in [0.4, 0.5) is 5.69 Å². The molecule has 5 heteroatoms. The topological polar surface area (TPSA) is 54.0 Å². The van der Waals surface area contributed by atoms with Gasteiger partial charge < -0.3 is 24.8 Å². The molecule has 3 heterocycles. The summed E-state index contributed by atoms with van der Waals surface area (Å²) in [5.41, 5.74) is 2.71. The Morgan fingerprint density at radius 1 is 1.09 bits per heavy atom. The van der Waals surface area contributed by atoms with E-state index in [1.54, 1.807) is 0 Å². The number of benzene rings is 1. The summed E-state index contributed by atoms with van der Waals surface area (Å²) in [6, 6.07) is 9.33. The third-order valence-corrected chi connectivity index (χ3v) is 5.43. The molecular weight excluding hydrogens is 292 g/mol. The Balaban J connectivity index is 1.31. The molecule has 126 valence electrons. The molecule has 3 fully saturated rings. The van der Waals surface area contributed by atoms with Gasteiger partial charge in [0.2, 0.25) is 0 Å². The van der Waals surface area contributed by atoms with E-state index in [1.807, 2.05) is 0 Å². The number of anilines is 1. The van der Waals surface area contributed by atoms with Gasteiger partial charge in [0.15, 0.2) is 0 Å². The van der Waals surface area contributed by atoms with Crippen molar-refractivity contribution in [2.24, 2.45) is 0 Å². The fourth-order valence-electron chi connectivity index (χ4n) is 4.13. The fourth-order valence-corrected chi connectivity index (χ4v) is 4.13. The maximum absolute atomic E-state index is 9.83. The van der Waals surface area contributed by atoms with E-state index >= 15 is 0 Å². The van der Waals surface area contributed by atoms with Crippen molar-refractivity contribution in [3.8, 4) is 0 Å². The number of fused-ring (bicyclic) bond motifs is 1. The normalized spacial score (nSPS) is 34.8. The Morgan fingerprint density at radius 2 is 1.83 bits per heavy atom. The molecule has 0 aromatic heterocycles. The van der Waals surface area contributed by atoms with Crippen LogP contribution in [0.1, 0.15) is 18.4 Å². The number of nitrogens with one attached hydrogen (secondary N) is 1. The lowest BCUT2D eigenvalue weighted by Crippen LogP contribution is -2.50. The number of aryl methyl sites for hydroxylation is 1. The van der Waals surface area contributed by atoms with E-state index in [-0.39, 0.29) is 18.2 Å². The molecule has 2 N–H and O–H groups in total. The molecule has 5 nitrogen and oxygen atoms in total. The fraction of sp³-hybridized carbons (Fsp3) is 0.667. The van der Waals surface area contributed by atoms with Gasteiger partial charge in [-0.15, -0.1) is 0 Å². The molecule has 0 spiro atoms. The minimum atomic E-state index is -0.463. The second-order valence-corrected chi connectivity index (χ2v) is 6.98. The summed E-state index contributed by atoms with van der Waals surface area (Å²) in [6.07, 6.45) is 1.67. The van der Waals surface area contributed by atoms with E-state index in [0.717, 1.165) is 25.9 Å². The Bertz CT molecular complexity index is 545. The molecule has 23 heavy (non-hydrogen) atoms. The molecule has 1 aromatic carbocycles. The molecule has 1 aromatic rings. The van der Waals surface area contributed by atoms with Crippen LogP contribution >= 0.6 is 0 Å². The summed E-state index contributed by atoms with van der Waals surface area (Å²) in [7, 11) is 0. The summed E-state index contributed by atoms with van der Waals surface area (Å²) in [6.45, 7) is 5.38. The molecule has 0 amide bonds. The predicted molar refractivity (Wildman–Crippen MR) is 88.8 cm³/mol. The predicted octanol–water partition coefficient (Wildman–Crippen LogP) is 1.08. The Labute approximate surface area is 137 Å². The van der Waals surface area contributed by atoms with E-state index in [2.05, 4.69) is 41.4 Å². The highest BCUT2D eigenvalue weighted by molar-refractivity contribution is 5.53. The van der Waals surface area contributed by atoms with Gasteiger partial charge >= 0.3 is 0 Å². The van der Waals surface area contributed by atoms with Crippen LogP contribution in [0.15, 0.2) is 24.3 Å². The largest absolute Gasteiger partial charge is 0.388 e. The standard InChI is InChI=1S/C18H26N2O3/c1-12-4-2-3-5-15(12)20-8-6-13(7-9-20)19-14-10-22-18-16(21)11-23-17(14)18/h2-5,13-14,16-19,21H,6-11H2,1H3/t14-,16-,17-,18-/m1/s1. The number of hydrogen-bond donors (Lipinski definition) is 2. The van der Waals surface area contributed by atoms with Crippen molar-refractivity contribution in [2.75, 3.05) is 31.2 Å². The van der Waals surface area contributed by atoms with Gasteiger partial charge in [0.1, 0.15) is 18.3 Å². The molecule has 3 aliphatic heterocycles. The summed E-state index contributed by atoms with van der Waals surface area (Å²) in [5.74, 6) is 0. The van der Waals surface area contributed by atoms with Crippen molar-refractivity contribution in [1.82, 2.24) is 5.32 Å². The van der Waals surface area contributed by atoms with Crippen LogP contribution in [-0.2, 0) is 9.47 Å². The lowest BCUT2D eigenvalue weighted by Gasteiger charge is -2.36. The molecule has 0 saturated carbocycles. The van der Waals surface area contributed by atoms with Gasteiger partial charge in [-0.3, -0.25) is 0 Å². The molecule has 4 atom stereocenters. The average molecular weight is 318 g/mol. The van der Waals surface area contributed by atoms with Crippen molar-refractivity contribution in [3.05, 3.63) is 29.8 Å². The Hall–Kier alpha value is -1.14. The third kappa shape index (κ3) is 2.98. The van der Waals surface area contributed by atoms with E-state index in [4.69, 9.17) is 9.47 Å². The Morgan fingerprint density at radius 3 is 2.61 bits per heavy atom. The molecule has 0 unspecified atom stereocenters. The lowest BCUT2D eigenvalue weighted by atomic mass is 10.0. The highest BCUT2D eigenvalue weighted by atomic mass is 16.6. The maximum atomic E-state index is 9.83. The van der Waals surface area contributed by atoms with Crippen LogP contribution in [0.2, 0.25) is 0 Å². The number of para-hydroxylation sites is 1. The number of ether oxygens (including phenoxy) is 2. The summed E-state index contributed by atoms with van der Waals surface area (Å²) in [5, 5.41) is 13.5. The van der Waals surface area contributed by atoms with Crippen LogP contribution in [0.25, 0.3) is 0 Å². The smallest absolute Gasteiger partial charge is 0.113 e. The van der Waals surface area contributed by atoms with E-state index < -0.39 is 6.10 Å².